The van der Waals surface area contributed by atoms with Crippen LogP contribution in [0.1, 0.15) is 27.0 Å². The molecular weight excluding hydrogens is 522 g/mol. The van der Waals surface area contributed by atoms with Crippen LogP contribution in [0.4, 0.5) is 0 Å². The van der Waals surface area contributed by atoms with E-state index in [2.05, 4.69) is 33.9 Å². The van der Waals surface area contributed by atoms with Gasteiger partial charge in [-0.3, -0.25) is 14.4 Å². The van der Waals surface area contributed by atoms with Crippen molar-refractivity contribution in [1.82, 2.24) is 19.7 Å². The molecule has 0 saturated carbocycles. The molecule has 182 valence electrons. The minimum absolute atomic E-state index is 0.0612. The molecule has 8 nitrogen and oxygen atoms in total. The van der Waals surface area contributed by atoms with E-state index >= 15 is 0 Å². The van der Waals surface area contributed by atoms with Crippen LogP contribution in [-0.2, 0) is 29.1 Å². The molecular formula is C27H24BrN5O3. The highest BCUT2D eigenvalue weighted by Gasteiger charge is 2.31. The van der Waals surface area contributed by atoms with Crippen molar-refractivity contribution in [2.24, 2.45) is 0 Å². The monoisotopic (exact) mass is 545 g/mol. The summed E-state index contributed by atoms with van der Waals surface area (Å²) in [6, 6.07) is 13.4. The molecule has 2 aliphatic heterocycles. The van der Waals surface area contributed by atoms with Crippen LogP contribution < -0.4 is 5.32 Å². The molecule has 1 N–H and O–H groups in total. The Morgan fingerprint density at radius 1 is 1.19 bits per heavy atom. The molecule has 0 bridgehead atoms. The van der Waals surface area contributed by atoms with Crippen LogP contribution in [0.15, 0.2) is 59.7 Å². The van der Waals surface area contributed by atoms with Crippen LogP contribution in [0.2, 0.25) is 0 Å². The topological polar surface area (TPSA) is 98.4 Å². The number of nitrogens with one attached hydrogen (secondary N) is 1. The van der Waals surface area contributed by atoms with Gasteiger partial charge in [-0.05, 0) is 47.9 Å². The first kappa shape index (κ1) is 23.8. The molecule has 5 rings (SSSR count). The van der Waals surface area contributed by atoms with Gasteiger partial charge in [0, 0.05) is 47.8 Å². The van der Waals surface area contributed by atoms with E-state index in [9.17, 15) is 19.6 Å². The van der Waals surface area contributed by atoms with Crippen LogP contribution in [-0.4, -0.2) is 57.8 Å². The summed E-state index contributed by atoms with van der Waals surface area (Å²) >= 11 is 3.50. The third kappa shape index (κ3) is 4.40. The van der Waals surface area contributed by atoms with Crippen molar-refractivity contribution in [3.05, 3.63) is 82.0 Å². The standard InChI is InChI=1S/C27H24BrN5O3/c1-2-26(35)33-13-20(14-33)30-25(34)16-32-15-23(22-10-19(28)6-7-24(22)32)27(36)31-9-8-21-17(11-29)4-3-5-18(21)12-31/h2-7,10,15,20H,1,8-9,12-14,16H2,(H,30,34). The molecule has 3 aromatic rings. The molecule has 1 saturated heterocycles. The maximum Gasteiger partial charge on any atom is 0.256 e. The number of nitriles is 1. The Labute approximate surface area is 216 Å². The number of carbonyl (C=O) groups excluding carboxylic acids is 3. The van der Waals surface area contributed by atoms with Crippen LogP contribution in [0, 0.1) is 11.3 Å². The van der Waals surface area contributed by atoms with E-state index in [1.807, 2.05) is 36.4 Å². The molecule has 0 radical (unpaired) electrons. The number of amides is 3. The number of benzene rings is 2. The first-order valence-electron chi connectivity index (χ1n) is 11.7. The van der Waals surface area contributed by atoms with Crippen molar-refractivity contribution in [2.45, 2.75) is 25.6 Å². The number of halogens is 1. The molecule has 0 atom stereocenters. The highest BCUT2D eigenvalue weighted by atomic mass is 79.9. The fraction of sp³-hybridized carbons (Fsp3) is 0.259. The molecule has 0 spiro atoms. The summed E-state index contributed by atoms with van der Waals surface area (Å²) in [7, 11) is 0. The van der Waals surface area contributed by atoms with Crippen molar-refractivity contribution < 1.29 is 14.4 Å². The molecule has 1 aromatic heterocycles. The minimum atomic E-state index is -0.180. The molecule has 36 heavy (non-hydrogen) atoms. The Morgan fingerprint density at radius 2 is 2.00 bits per heavy atom. The zero-order valence-electron chi connectivity index (χ0n) is 19.5. The highest BCUT2D eigenvalue weighted by molar-refractivity contribution is 9.10. The van der Waals surface area contributed by atoms with Gasteiger partial charge in [0.25, 0.3) is 5.91 Å². The first-order valence-corrected chi connectivity index (χ1v) is 12.5. The number of fused-ring (bicyclic) bond motifs is 2. The third-order valence-electron chi connectivity index (χ3n) is 6.79. The summed E-state index contributed by atoms with van der Waals surface area (Å²) in [5, 5.41) is 13.1. The van der Waals surface area contributed by atoms with Gasteiger partial charge in [-0.1, -0.05) is 34.6 Å². The largest absolute Gasteiger partial charge is 0.348 e. The second kappa shape index (κ2) is 9.63. The van der Waals surface area contributed by atoms with E-state index in [4.69, 9.17) is 0 Å². The predicted molar refractivity (Wildman–Crippen MR) is 138 cm³/mol. The summed E-state index contributed by atoms with van der Waals surface area (Å²) in [5.41, 5.74) is 3.98. The molecule has 2 aliphatic rings. The Kier molecular flexibility index (Phi) is 6.37. The smallest absolute Gasteiger partial charge is 0.256 e. The molecule has 3 amide bonds. The Bertz CT molecular complexity index is 1450. The number of nitrogens with zero attached hydrogens (tertiary/aromatic N) is 4. The van der Waals surface area contributed by atoms with E-state index in [0.29, 0.717) is 43.7 Å². The lowest BCUT2D eigenvalue weighted by Gasteiger charge is -2.38. The lowest BCUT2D eigenvalue weighted by Crippen LogP contribution is -2.61. The zero-order chi connectivity index (χ0) is 25.4. The minimum Gasteiger partial charge on any atom is -0.348 e. The van der Waals surface area contributed by atoms with Crippen molar-refractivity contribution in [3.63, 3.8) is 0 Å². The summed E-state index contributed by atoms with van der Waals surface area (Å²) < 4.78 is 2.64. The first-order chi connectivity index (χ1) is 17.4. The number of hydrogen-bond acceptors (Lipinski definition) is 4. The van der Waals surface area contributed by atoms with E-state index in [1.54, 1.807) is 20.6 Å². The molecule has 0 unspecified atom stereocenters. The number of carbonyl (C=O) groups is 3. The van der Waals surface area contributed by atoms with Crippen LogP contribution >= 0.6 is 15.9 Å². The van der Waals surface area contributed by atoms with Gasteiger partial charge >= 0.3 is 0 Å². The van der Waals surface area contributed by atoms with Crippen LogP contribution in [0.5, 0.6) is 0 Å². The molecule has 0 aliphatic carbocycles. The molecule has 9 heteroatoms. The second-order valence-electron chi connectivity index (χ2n) is 9.08. The normalized spacial score (nSPS) is 15.1. The Morgan fingerprint density at radius 3 is 2.75 bits per heavy atom. The maximum absolute atomic E-state index is 13.6. The van der Waals surface area contributed by atoms with E-state index < -0.39 is 0 Å². The molecule has 3 heterocycles. The van der Waals surface area contributed by atoms with Gasteiger partial charge in [0.2, 0.25) is 11.8 Å². The van der Waals surface area contributed by atoms with Gasteiger partial charge in [0.15, 0.2) is 0 Å². The SMILES string of the molecule is C=CC(=O)N1CC(NC(=O)Cn2cc(C(=O)N3CCc4c(C#N)cccc4C3)c3cc(Br)ccc32)C1. The van der Waals surface area contributed by atoms with Gasteiger partial charge in [0.05, 0.1) is 23.2 Å². The average molecular weight is 546 g/mol. The summed E-state index contributed by atoms with van der Waals surface area (Å²) in [6.07, 6.45) is 3.64. The average Bonchev–Trinajstić information content (AvgIpc) is 3.21. The predicted octanol–water partition coefficient (Wildman–Crippen LogP) is 2.99. The fourth-order valence-corrected chi connectivity index (χ4v) is 5.30. The van der Waals surface area contributed by atoms with E-state index in [0.717, 1.165) is 26.5 Å². The van der Waals surface area contributed by atoms with Crippen molar-refractivity contribution >= 4 is 44.6 Å². The van der Waals surface area contributed by atoms with Gasteiger partial charge in [0.1, 0.15) is 6.54 Å². The van der Waals surface area contributed by atoms with E-state index in [1.165, 1.54) is 6.08 Å². The number of aromatic nitrogens is 1. The lowest BCUT2D eigenvalue weighted by atomic mass is 9.94. The van der Waals surface area contributed by atoms with Gasteiger partial charge in [-0.2, -0.15) is 5.26 Å². The lowest BCUT2D eigenvalue weighted by molar-refractivity contribution is -0.133. The third-order valence-corrected chi connectivity index (χ3v) is 7.29. The van der Waals surface area contributed by atoms with Crippen molar-refractivity contribution in [3.8, 4) is 6.07 Å². The van der Waals surface area contributed by atoms with Crippen molar-refractivity contribution in [2.75, 3.05) is 19.6 Å². The van der Waals surface area contributed by atoms with Gasteiger partial charge in [-0.25, -0.2) is 0 Å². The highest BCUT2D eigenvalue weighted by Crippen LogP contribution is 2.29. The van der Waals surface area contributed by atoms with Crippen molar-refractivity contribution in [1.29, 1.82) is 5.26 Å². The second-order valence-corrected chi connectivity index (χ2v) is 9.99. The summed E-state index contributed by atoms with van der Waals surface area (Å²) in [4.78, 5) is 41.4. The summed E-state index contributed by atoms with van der Waals surface area (Å²) in [5.74, 6) is -0.432. The molecule has 2 aromatic carbocycles. The van der Waals surface area contributed by atoms with E-state index in [-0.39, 0.29) is 30.3 Å². The zero-order valence-corrected chi connectivity index (χ0v) is 21.1. The van der Waals surface area contributed by atoms with Gasteiger partial charge in [-0.15, -0.1) is 0 Å². The van der Waals surface area contributed by atoms with Crippen LogP contribution in [0.3, 0.4) is 0 Å². The number of hydrogen-bond donors (Lipinski definition) is 1. The number of likely N-dealkylation sites (tertiary alicyclic amines) is 1. The van der Waals surface area contributed by atoms with Gasteiger partial charge < -0.3 is 19.7 Å². The fourth-order valence-electron chi connectivity index (χ4n) is 4.94. The molecule has 1 fully saturated rings. The Hall–Kier alpha value is -3.90. The quantitative estimate of drug-likeness (QED) is 0.498. The summed E-state index contributed by atoms with van der Waals surface area (Å²) in [6.45, 7) is 5.42. The Balaban J connectivity index is 1.35. The number of rotatable bonds is 5. The maximum atomic E-state index is 13.6. The van der Waals surface area contributed by atoms with Crippen LogP contribution in [0.25, 0.3) is 10.9 Å².